The van der Waals surface area contributed by atoms with Crippen molar-refractivity contribution in [2.45, 2.75) is 12.5 Å². The molecule has 2 aliphatic rings. The van der Waals surface area contributed by atoms with Gasteiger partial charge in [-0.1, -0.05) is 12.1 Å². The van der Waals surface area contributed by atoms with E-state index in [0.717, 1.165) is 11.3 Å². The number of ketones is 1. The number of fused-ring (bicyclic) bond motifs is 1. The van der Waals surface area contributed by atoms with Crippen LogP contribution in [0.3, 0.4) is 0 Å². The quantitative estimate of drug-likeness (QED) is 0.331. The molecule has 1 unspecified atom stereocenters. The molecule has 8 heteroatoms. The topological polar surface area (TPSA) is 109 Å². The molecule has 1 atom stereocenters. The van der Waals surface area contributed by atoms with Crippen LogP contribution >= 0.6 is 0 Å². The first kappa shape index (κ1) is 23.0. The molecule has 0 bridgehead atoms. The lowest BCUT2D eigenvalue weighted by Crippen LogP contribution is -2.29. The van der Waals surface area contributed by atoms with Crippen molar-refractivity contribution >= 4 is 23.1 Å². The number of hydrogen-bond acceptors (Lipinski definition) is 7. The summed E-state index contributed by atoms with van der Waals surface area (Å²) >= 11 is 0. The highest BCUT2D eigenvalue weighted by Crippen LogP contribution is 2.47. The summed E-state index contributed by atoms with van der Waals surface area (Å²) in [5.74, 6) is -0.456. The van der Waals surface area contributed by atoms with Gasteiger partial charge in [-0.05, 0) is 54.1 Å². The number of para-hydroxylation sites is 1. The molecule has 0 aromatic heterocycles. The highest BCUT2D eigenvalue weighted by atomic mass is 16.5. The molecule has 8 nitrogen and oxygen atoms in total. The molecule has 5 rings (SSSR count). The van der Waals surface area contributed by atoms with Crippen LogP contribution in [0.4, 0.5) is 5.69 Å². The van der Waals surface area contributed by atoms with Gasteiger partial charge in [-0.3, -0.25) is 14.5 Å². The van der Waals surface area contributed by atoms with Gasteiger partial charge in [-0.15, -0.1) is 0 Å². The number of methoxy groups -OCH3 is 2. The maximum absolute atomic E-state index is 13.4. The third kappa shape index (κ3) is 3.62. The first-order valence-corrected chi connectivity index (χ1v) is 11.3. The molecular formula is C28H22N2O6. The number of rotatable bonds is 5. The van der Waals surface area contributed by atoms with Crippen LogP contribution in [0, 0.1) is 11.3 Å². The predicted octanol–water partition coefficient (Wildman–Crippen LogP) is 4.14. The Bertz CT molecular complexity index is 1450. The van der Waals surface area contributed by atoms with Crippen molar-refractivity contribution in [3.05, 3.63) is 88.5 Å². The fourth-order valence-corrected chi connectivity index (χ4v) is 4.71. The highest BCUT2D eigenvalue weighted by molar-refractivity contribution is 6.51. The maximum atomic E-state index is 13.4. The second kappa shape index (κ2) is 9.12. The molecule has 1 saturated heterocycles. The van der Waals surface area contributed by atoms with Crippen LogP contribution in [-0.2, 0) is 16.0 Å². The normalized spacial score (nSPS) is 17.9. The van der Waals surface area contributed by atoms with E-state index in [2.05, 4.69) is 0 Å². The average Bonchev–Trinajstić information content (AvgIpc) is 3.49. The predicted molar refractivity (Wildman–Crippen MR) is 131 cm³/mol. The van der Waals surface area contributed by atoms with Gasteiger partial charge in [0.1, 0.15) is 11.5 Å². The number of carbonyl (C=O) groups excluding carboxylic acids is 2. The lowest BCUT2D eigenvalue weighted by atomic mass is 9.93. The zero-order chi connectivity index (χ0) is 25.4. The van der Waals surface area contributed by atoms with E-state index in [1.807, 2.05) is 6.07 Å². The molecule has 2 heterocycles. The number of aliphatic hydroxyl groups is 1. The van der Waals surface area contributed by atoms with E-state index < -0.39 is 17.7 Å². The van der Waals surface area contributed by atoms with Crippen LogP contribution in [0.5, 0.6) is 17.2 Å². The number of carbonyl (C=O) groups is 2. The Kier molecular flexibility index (Phi) is 5.82. The minimum absolute atomic E-state index is 0.0743. The molecule has 1 N–H and O–H groups in total. The van der Waals surface area contributed by atoms with Crippen molar-refractivity contribution in [2.75, 3.05) is 25.7 Å². The fourth-order valence-electron chi connectivity index (χ4n) is 4.71. The SMILES string of the molecule is COc1cccc(C2/C(=C(\O)c3ccc4c(c3)CCO4)C(=O)C(=O)N2c2ccc(C#N)cc2)c1OC. The minimum Gasteiger partial charge on any atom is -0.507 e. The van der Waals surface area contributed by atoms with Crippen LogP contribution in [0.1, 0.15) is 28.3 Å². The summed E-state index contributed by atoms with van der Waals surface area (Å²) in [6.07, 6.45) is 0.684. The lowest BCUT2D eigenvalue weighted by Gasteiger charge is -2.27. The Balaban J connectivity index is 1.75. The van der Waals surface area contributed by atoms with Gasteiger partial charge >= 0.3 is 0 Å². The second-order valence-corrected chi connectivity index (χ2v) is 8.33. The Morgan fingerprint density at radius 2 is 1.86 bits per heavy atom. The minimum atomic E-state index is -1.01. The number of ether oxygens (including phenoxy) is 3. The van der Waals surface area contributed by atoms with Crippen LogP contribution < -0.4 is 19.1 Å². The number of hydrogen-bond donors (Lipinski definition) is 1. The van der Waals surface area contributed by atoms with Gasteiger partial charge in [0.15, 0.2) is 11.5 Å². The number of Topliss-reactive ketones (excluding diaryl/α,β-unsaturated/α-hetero) is 1. The third-order valence-corrected chi connectivity index (χ3v) is 6.41. The van der Waals surface area contributed by atoms with E-state index in [4.69, 9.17) is 14.2 Å². The van der Waals surface area contributed by atoms with E-state index in [-0.39, 0.29) is 11.3 Å². The van der Waals surface area contributed by atoms with Crippen LogP contribution in [0.25, 0.3) is 5.76 Å². The Morgan fingerprint density at radius 1 is 1.08 bits per heavy atom. The number of nitrogens with zero attached hydrogens (tertiary/aromatic N) is 2. The molecule has 1 fully saturated rings. The zero-order valence-electron chi connectivity index (χ0n) is 19.6. The van der Waals surface area contributed by atoms with Crippen molar-refractivity contribution in [1.82, 2.24) is 0 Å². The van der Waals surface area contributed by atoms with Crippen LogP contribution in [0.2, 0.25) is 0 Å². The summed E-state index contributed by atoms with van der Waals surface area (Å²) in [6.45, 7) is 0.545. The maximum Gasteiger partial charge on any atom is 0.300 e. The zero-order valence-corrected chi connectivity index (χ0v) is 19.6. The number of amides is 1. The molecule has 3 aromatic carbocycles. The van der Waals surface area contributed by atoms with Crippen molar-refractivity contribution in [3.63, 3.8) is 0 Å². The van der Waals surface area contributed by atoms with Gasteiger partial charge in [0.25, 0.3) is 11.7 Å². The standard InChI is InChI=1S/C28H22N2O6/c1-34-22-5-3-4-20(27(22)35-2)24-23(25(31)18-8-11-21-17(14-18)12-13-36-21)26(32)28(33)30(24)19-9-6-16(15-29)7-10-19/h3-11,14,24,31H,12-13H2,1-2H3/b25-23+. The number of benzene rings is 3. The molecule has 0 saturated carbocycles. The van der Waals surface area contributed by atoms with Gasteiger partial charge < -0.3 is 19.3 Å². The Labute approximate surface area is 207 Å². The van der Waals surface area contributed by atoms with Gasteiger partial charge in [0, 0.05) is 23.2 Å². The average molecular weight is 482 g/mol. The monoisotopic (exact) mass is 482 g/mol. The summed E-state index contributed by atoms with van der Waals surface area (Å²) in [5, 5.41) is 20.6. The number of aliphatic hydroxyl groups excluding tert-OH is 1. The molecule has 0 spiro atoms. The van der Waals surface area contributed by atoms with Crippen molar-refractivity contribution in [2.24, 2.45) is 0 Å². The third-order valence-electron chi connectivity index (χ3n) is 6.41. The highest BCUT2D eigenvalue weighted by Gasteiger charge is 2.48. The first-order chi connectivity index (χ1) is 17.5. The van der Waals surface area contributed by atoms with E-state index in [1.54, 1.807) is 60.7 Å². The number of nitriles is 1. The molecular weight excluding hydrogens is 460 g/mol. The van der Waals surface area contributed by atoms with E-state index in [9.17, 15) is 20.0 Å². The summed E-state index contributed by atoms with van der Waals surface area (Å²) < 4.78 is 16.6. The molecule has 3 aromatic rings. The molecule has 2 aliphatic heterocycles. The van der Waals surface area contributed by atoms with E-state index >= 15 is 0 Å². The fraction of sp³-hybridized carbons (Fsp3) is 0.179. The van der Waals surface area contributed by atoms with E-state index in [0.29, 0.717) is 46.9 Å². The molecule has 1 amide bonds. The smallest absolute Gasteiger partial charge is 0.300 e. The molecule has 180 valence electrons. The van der Waals surface area contributed by atoms with Gasteiger partial charge in [0.2, 0.25) is 0 Å². The van der Waals surface area contributed by atoms with Gasteiger partial charge in [0.05, 0.1) is 44.1 Å². The summed E-state index contributed by atoms with van der Waals surface area (Å²) in [4.78, 5) is 28.2. The largest absolute Gasteiger partial charge is 0.507 e. The second-order valence-electron chi connectivity index (χ2n) is 8.33. The van der Waals surface area contributed by atoms with Gasteiger partial charge in [-0.2, -0.15) is 5.26 Å². The molecule has 36 heavy (non-hydrogen) atoms. The summed E-state index contributed by atoms with van der Waals surface area (Å²) in [7, 11) is 2.96. The van der Waals surface area contributed by atoms with Crippen LogP contribution in [0.15, 0.2) is 66.2 Å². The molecule has 0 radical (unpaired) electrons. The summed E-state index contributed by atoms with van der Waals surface area (Å²) in [5.41, 5.74) is 2.51. The molecule has 0 aliphatic carbocycles. The van der Waals surface area contributed by atoms with Crippen LogP contribution in [-0.4, -0.2) is 37.6 Å². The summed E-state index contributed by atoms with van der Waals surface area (Å²) in [6, 6.07) is 17.7. The van der Waals surface area contributed by atoms with Crippen molar-refractivity contribution in [3.8, 4) is 23.3 Å². The Hall–Kier alpha value is -4.77. The Morgan fingerprint density at radius 3 is 2.56 bits per heavy atom. The number of anilines is 1. The van der Waals surface area contributed by atoms with Crippen molar-refractivity contribution in [1.29, 1.82) is 5.26 Å². The van der Waals surface area contributed by atoms with Crippen molar-refractivity contribution < 1.29 is 28.9 Å². The van der Waals surface area contributed by atoms with Gasteiger partial charge in [-0.25, -0.2) is 0 Å². The van der Waals surface area contributed by atoms with E-state index in [1.165, 1.54) is 19.1 Å². The lowest BCUT2D eigenvalue weighted by molar-refractivity contribution is -0.132. The first-order valence-electron chi connectivity index (χ1n) is 11.3.